The highest BCUT2D eigenvalue weighted by Gasteiger charge is 2.38. The van der Waals surface area contributed by atoms with Crippen LogP contribution in [0.5, 0.6) is 0 Å². The topological polar surface area (TPSA) is 92.7 Å². The first-order valence-corrected chi connectivity index (χ1v) is 11.9. The summed E-state index contributed by atoms with van der Waals surface area (Å²) in [5, 5.41) is 0.597. The van der Waals surface area contributed by atoms with E-state index in [0.717, 1.165) is 21.5 Å². The van der Waals surface area contributed by atoms with E-state index in [-0.39, 0.29) is 23.8 Å². The lowest BCUT2D eigenvalue weighted by atomic mass is 10.00. The first-order valence-electron chi connectivity index (χ1n) is 9.71. The third kappa shape index (κ3) is 3.06. The molecule has 1 aromatic carbocycles. The first kappa shape index (κ1) is 19.4. The van der Waals surface area contributed by atoms with Crippen molar-refractivity contribution in [1.29, 1.82) is 0 Å². The number of para-hydroxylation sites is 1. The number of fused-ring (bicyclic) bond motifs is 2. The largest absolute Gasteiger partial charge is 0.444 e. The Morgan fingerprint density at radius 1 is 1.20 bits per heavy atom. The third-order valence-corrected chi connectivity index (χ3v) is 8.35. The molecule has 0 atom stereocenters. The molecule has 0 spiro atoms. The van der Waals surface area contributed by atoms with Crippen LogP contribution in [0.4, 0.5) is 10.5 Å². The summed E-state index contributed by atoms with van der Waals surface area (Å²) in [5.74, 6) is 0. The number of nitrogens with zero attached hydrogens (tertiary/aromatic N) is 4. The number of carbonyl (C=O) groups is 1. The fraction of sp³-hybridized carbons (Fsp3) is 0.350. The average Bonchev–Trinajstić information content (AvgIpc) is 3.23. The number of benzene rings is 1. The molecule has 1 fully saturated rings. The van der Waals surface area contributed by atoms with Crippen LogP contribution >= 0.6 is 11.5 Å². The SMILES string of the molecule is Cc1cccc2c1N(C1CCN(S(=O)(=O)c3nccc4sncc34)CC1)C(=O)OC2. The Labute approximate surface area is 178 Å². The number of piperidine rings is 1. The molecule has 2 aliphatic rings. The quantitative estimate of drug-likeness (QED) is 0.615. The number of sulfonamides is 1. The van der Waals surface area contributed by atoms with Gasteiger partial charge < -0.3 is 4.74 Å². The Hall–Kier alpha value is -2.56. The summed E-state index contributed by atoms with van der Waals surface area (Å²) in [7, 11) is -3.74. The van der Waals surface area contributed by atoms with Gasteiger partial charge in [0.2, 0.25) is 0 Å². The Bertz CT molecular complexity index is 1230. The van der Waals surface area contributed by atoms with Gasteiger partial charge in [0.05, 0.1) is 22.0 Å². The zero-order chi connectivity index (χ0) is 20.9. The number of hydrogen-bond donors (Lipinski definition) is 0. The summed E-state index contributed by atoms with van der Waals surface area (Å²) < 4.78 is 38.2. The Morgan fingerprint density at radius 3 is 2.80 bits per heavy atom. The van der Waals surface area contributed by atoms with E-state index < -0.39 is 10.0 Å². The standard InChI is InChI=1S/C20H20N4O4S2/c1-13-3-2-4-14-12-28-20(25)24(18(13)14)15-6-9-23(10-7-15)30(26,27)19-16-11-22-29-17(16)5-8-21-19/h2-5,8,11,15H,6-7,9-10,12H2,1H3. The Morgan fingerprint density at radius 2 is 2.00 bits per heavy atom. The minimum atomic E-state index is -3.74. The van der Waals surface area contributed by atoms with Crippen LogP contribution in [0.1, 0.15) is 24.0 Å². The number of hydrogen-bond acceptors (Lipinski definition) is 7. The van der Waals surface area contributed by atoms with Crippen LogP contribution in [0.3, 0.4) is 0 Å². The zero-order valence-corrected chi connectivity index (χ0v) is 17.9. The molecule has 2 aromatic heterocycles. The molecule has 156 valence electrons. The van der Waals surface area contributed by atoms with Crippen molar-refractivity contribution in [3.8, 4) is 0 Å². The molecule has 8 nitrogen and oxygen atoms in total. The minimum Gasteiger partial charge on any atom is -0.444 e. The fourth-order valence-corrected chi connectivity index (χ4v) is 6.53. The van der Waals surface area contributed by atoms with Crippen LogP contribution in [0, 0.1) is 6.92 Å². The maximum Gasteiger partial charge on any atom is 0.414 e. The van der Waals surface area contributed by atoms with Gasteiger partial charge in [0.15, 0.2) is 5.03 Å². The number of ether oxygens (including phenoxy) is 1. The highest BCUT2D eigenvalue weighted by molar-refractivity contribution is 7.89. The summed E-state index contributed by atoms with van der Waals surface area (Å²) in [6.45, 7) is 2.87. The van der Waals surface area contributed by atoms with Crippen molar-refractivity contribution in [2.24, 2.45) is 0 Å². The van der Waals surface area contributed by atoms with Crippen molar-refractivity contribution < 1.29 is 17.9 Å². The lowest BCUT2D eigenvalue weighted by Crippen LogP contribution is -2.50. The van der Waals surface area contributed by atoms with Crippen LogP contribution in [0.15, 0.2) is 41.7 Å². The maximum atomic E-state index is 13.2. The summed E-state index contributed by atoms with van der Waals surface area (Å²) in [5.41, 5.74) is 2.89. The first-order chi connectivity index (χ1) is 14.5. The number of pyridine rings is 1. The summed E-state index contributed by atoms with van der Waals surface area (Å²) >= 11 is 1.25. The fourth-order valence-electron chi connectivity index (χ4n) is 4.25. The number of carbonyl (C=O) groups excluding carboxylic acids is 1. The van der Waals surface area contributed by atoms with Gasteiger partial charge in [-0.05, 0) is 42.9 Å². The molecule has 0 unspecified atom stereocenters. The van der Waals surface area contributed by atoms with E-state index in [4.69, 9.17) is 4.74 Å². The second-order valence-electron chi connectivity index (χ2n) is 7.50. The molecular weight excluding hydrogens is 424 g/mol. The van der Waals surface area contributed by atoms with Crippen molar-refractivity contribution in [3.05, 3.63) is 47.8 Å². The van der Waals surface area contributed by atoms with Crippen molar-refractivity contribution >= 4 is 43.4 Å². The van der Waals surface area contributed by atoms with E-state index in [0.29, 0.717) is 31.3 Å². The molecule has 0 N–H and O–H groups in total. The van der Waals surface area contributed by atoms with Crippen LogP contribution in [0.2, 0.25) is 0 Å². The van der Waals surface area contributed by atoms with Gasteiger partial charge in [0.25, 0.3) is 10.0 Å². The second-order valence-corrected chi connectivity index (χ2v) is 10.2. The summed E-state index contributed by atoms with van der Waals surface area (Å²) in [4.78, 5) is 18.4. The zero-order valence-electron chi connectivity index (χ0n) is 16.3. The minimum absolute atomic E-state index is 0.0470. The van der Waals surface area contributed by atoms with Gasteiger partial charge in [-0.2, -0.15) is 8.68 Å². The molecule has 2 aliphatic heterocycles. The highest BCUT2D eigenvalue weighted by Crippen LogP contribution is 2.35. The number of aryl methyl sites for hydroxylation is 1. The molecule has 10 heteroatoms. The molecule has 30 heavy (non-hydrogen) atoms. The van der Waals surface area contributed by atoms with Crippen molar-refractivity contribution in [2.45, 2.75) is 37.4 Å². The van der Waals surface area contributed by atoms with Gasteiger partial charge in [-0.1, -0.05) is 18.2 Å². The molecular formula is C20H20N4O4S2. The van der Waals surface area contributed by atoms with Crippen molar-refractivity contribution in [2.75, 3.05) is 18.0 Å². The smallest absolute Gasteiger partial charge is 0.414 e. The normalized spacial score (nSPS) is 18.4. The molecule has 0 radical (unpaired) electrons. The summed E-state index contributed by atoms with van der Waals surface area (Å²) in [6.07, 6.45) is 3.74. The number of anilines is 1. The van der Waals surface area contributed by atoms with Crippen molar-refractivity contribution in [1.82, 2.24) is 13.7 Å². The third-order valence-electron chi connectivity index (χ3n) is 5.73. The Balaban J connectivity index is 1.40. The van der Waals surface area contributed by atoms with E-state index in [1.165, 1.54) is 22.0 Å². The van der Waals surface area contributed by atoms with E-state index in [1.807, 2.05) is 25.1 Å². The van der Waals surface area contributed by atoms with E-state index in [1.54, 1.807) is 17.2 Å². The van der Waals surface area contributed by atoms with Gasteiger partial charge in [0.1, 0.15) is 6.61 Å². The Kier molecular flexibility index (Phi) is 4.72. The average molecular weight is 445 g/mol. The van der Waals surface area contributed by atoms with Gasteiger partial charge in [-0.15, -0.1) is 0 Å². The van der Waals surface area contributed by atoms with Crippen LogP contribution < -0.4 is 4.90 Å². The molecule has 4 heterocycles. The summed E-state index contributed by atoms with van der Waals surface area (Å²) in [6, 6.07) is 7.54. The molecule has 5 rings (SSSR count). The maximum absolute atomic E-state index is 13.2. The van der Waals surface area contributed by atoms with Gasteiger partial charge in [0, 0.05) is 30.9 Å². The van der Waals surface area contributed by atoms with E-state index in [9.17, 15) is 13.2 Å². The lowest BCUT2D eigenvalue weighted by molar-refractivity contribution is 0.135. The molecule has 0 saturated carbocycles. The van der Waals surface area contributed by atoms with Crippen LogP contribution in [-0.2, 0) is 21.4 Å². The number of amides is 1. The van der Waals surface area contributed by atoms with Gasteiger partial charge >= 0.3 is 6.09 Å². The van der Waals surface area contributed by atoms with E-state index >= 15 is 0 Å². The number of rotatable bonds is 3. The van der Waals surface area contributed by atoms with Crippen molar-refractivity contribution in [3.63, 3.8) is 0 Å². The number of cyclic esters (lactones) is 1. The van der Waals surface area contributed by atoms with Gasteiger partial charge in [-0.3, -0.25) is 4.90 Å². The van der Waals surface area contributed by atoms with E-state index in [2.05, 4.69) is 9.36 Å². The highest BCUT2D eigenvalue weighted by atomic mass is 32.2. The van der Waals surface area contributed by atoms with Crippen LogP contribution in [-0.4, -0.2) is 47.3 Å². The second kappa shape index (κ2) is 7.29. The lowest BCUT2D eigenvalue weighted by Gasteiger charge is -2.40. The molecule has 1 saturated heterocycles. The molecule has 0 bridgehead atoms. The molecule has 0 aliphatic carbocycles. The molecule has 3 aromatic rings. The monoisotopic (exact) mass is 444 g/mol. The predicted molar refractivity (Wildman–Crippen MR) is 113 cm³/mol. The van der Waals surface area contributed by atoms with Crippen LogP contribution in [0.25, 0.3) is 10.1 Å². The molecule has 1 amide bonds. The number of aromatic nitrogens is 2. The predicted octanol–water partition coefficient (Wildman–Crippen LogP) is 3.31. The van der Waals surface area contributed by atoms with Gasteiger partial charge in [-0.25, -0.2) is 18.2 Å².